The molecule has 0 unspecified atom stereocenters. The molecular formula is C23H39N7. The first-order valence-corrected chi connectivity index (χ1v) is 12.1. The summed E-state index contributed by atoms with van der Waals surface area (Å²) in [6.45, 7) is 11.2. The van der Waals surface area contributed by atoms with E-state index in [0.717, 1.165) is 56.8 Å². The number of hydrazone groups is 1. The second kappa shape index (κ2) is 9.48. The molecule has 1 saturated carbocycles. The lowest BCUT2D eigenvalue weighted by Crippen LogP contribution is -2.34. The molecule has 30 heavy (non-hydrogen) atoms. The molecular weight excluding hydrogens is 374 g/mol. The van der Waals surface area contributed by atoms with Crippen LogP contribution in [0.15, 0.2) is 5.10 Å². The molecule has 0 amide bonds. The summed E-state index contributed by atoms with van der Waals surface area (Å²) in [5.74, 6) is 3.00. The fourth-order valence-corrected chi connectivity index (χ4v) is 4.93. The Kier molecular flexibility index (Phi) is 6.74. The second-order valence-electron chi connectivity index (χ2n) is 10.3. The highest BCUT2D eigenvalue weighted by Crippen LogP contribution is 2.36. The molecule has 2 aliphatic heterocycles. The van der Waals surface area contributed by atoms with Gasteiger partial charge < -0.3 is 9.80 Å². The highest BCUT2D eigenvalue weighted by molar-refractivity contribution is 5.85. The molecule has 3 fully saturated rings. The second-order valence-corrected chi connectivity index (χ2v) is 10.3. The first kappa shape index (κ1) is 21.3. The van der Waals surface area contributed by atoms with E-state index in [2.05, 4.69) is 36.0 Å². The van der Waals surface area contributed by atoms with Crippen LogP contribution >= 0.6 is 0 Å². The molecule has 3 aliphatic rings. The number of hydrogen-bond donors (Lipinski definition) is 1. The van der Waals surface area contributed by atoms with Gasteiger partial charge in [-0.05, 0) is 75.5 Å². The lowest BCUT2D eigenvalue weighted by Gasteiger charge is -2.34. The van der Waals surface area contributed by atoms with Gasteiger partial charge in [-0.15, -0.1) is 0 Å². The maximum atomic E-state index is 4.85. The van der Waals surface area contributed by atoms with E-state index >= 15 is 0 Å². The number of nitrogens with one attached hydrogen (secondary N) is 1. The Morgan fingerprint density at radius 2 is 1.27 bits per heavy atom. The average molecular weight is 414 g/mol. The van der Waals surface area contributed by atoms with Crippen molar-refractivity contribution in [3.05, 3.63) is 0 Å². The minimum Gasteiger partial charge on any atom is -0.341 e. The van der Waals surface area contributed by atoms with Crippen molar-refractivity contribution < 1.29 is 0 Å². The molecule has 166 valence electrons. The predicted molar refractivity (Wildman–Crippen MR) is 124 cm³/mol. The average Bonchev–Trinajstić information content (AvgIpc) is 2.78. The Bertz CT molecular complexity index is 681. The molecule has 1 aromatic rings. The maximum absolute atomic E-state index is 4.85. The van der Waals surface area contributed by atoms with Crippen molar-refractivity contribution in [3.63, 3.8) is 0 Å². The Labute approximate surface area is 181 Å². The van der Waals surface area contributed by atoms with Crippen LogP contribution in [0, 0.1) is 11.3 Å². The van der Waals surface area contributed by atoms with Crippen molar-refractivity contribution in [1.82, 2.24) is 15.0 Å². The van der Waals surface area contributed by atoms with Crippen LogP contribution in [0.2, 0.25) is 0 Å². The third-order valence-corrected chi connectivity index (χ3v) is 6.99. The molecule has 0 radical (unpaired) electrons. The summed E-state index contributed by atoms with van der Waals surface area (Å²) in [6, 6.07) is 0. The Balaban J connectivity index is 1.48. The maximum Gasteiger partial charge on any atom is 0.250 e. The Morgan fingerprint density at radius 1 is 0.767 bits per heavy atom. The quantitative estimate of drug-likeness (QED) is 0.711. The standard InChI is InChI=1S/C23H39N7/c1-23(2,3)18-10-12-19(13-11-18)27-28-20-24-21(29-14-6-4-7-15-29)26-22(25-20)30-16-8-5-9-17-30/h18H,4-17H2,1-3H3,(H,24,25,26,28). The molecule has 4 rings (SSSR count). The van der Waals surface area contributed by atoms with Crippen LogP contribution < -0.4 is 15.2 Å². The number of anilines is 3. The molecule has 1 aliphatic carbocycles. The highest BCUT2D eigenvalue weighted by Gasteiger charge is 2.28. The smallest absolute Gasteiger partial charge is 0.250 e. The van der Waals surface area contributed by atoms with Gasteiger partial charge in [-0.25, -0.2) is 5.43 Å². The molecule has 2 saturated heterocycles. The van der Waals surface area contributed by atoms with E-state index in [4.69, 9.17) is 20.1 Å². The van der Waals surface area contributed by atoms with E-state index in [1.165, 1.54) is 57.1 Å². The van der Waals surface area contributed by atoms with Crippen LogP contribution in [0.5, 0.6) is 0 Å². The number of hydrogen-bond acceptors (Lipinski definition) is 7. The monoisotopic (exact) mass is 413 g/mol. The zero-order chi connectivity index (χ0) is 21.0. The van der Waals surface area contributed by atoms with E-state index < -0.39 is 0 Å². The van der Waals surface area contributed by atoms with Crippen LogP contribution in [-0.4, -0.2) is 46.8 Å². The van der Waals surface area contributed by atoms with Crippen LogP contribution in [0.1, 0.15) is 85.0 Å². The van der Waals surface area contributed by atoms with E-state index in [-0.39, 0.29) is 0 Å². The summed E-state index contributed by atoms with van der Waals surface area (Å²) in [4.78, 5) is 19.0. The number of rotatable bonds is 4. The topological polar surface area (TPSA) is 69.5 Å². The summed E-state index contributed by atoms with van der Waals surface area (Å²) < 4.78 is 0. The number of aromatic nitrogens is 3. The van der Waals surface area contributed by atoms with Gasteiger partial charge in [0.1, 0.15) is 0 Å². The van der Waals surface area contributed by atoms with E-state index in [1.54, 1.807) is 0 Å². The van der Waals surface area contributed by atoms with Gasteiger partial charge in [-0.1, -0.05) is 20.8 Å². The molecule has 1 N–H and O–H groups in total. The van der Waals surface area contributed by atoms with Gasteiger partial charge in [0.2, 0.25) is 17.8 Å². The van der Waals surface area contributed by atoms with Crippen LogP contribution in [0.25, 0.3) is 0 Å². The molecule has 0 spiro atoms. The SMILES string of the molecule is CC(C)(C)C1CCC(=NNc2nc(N3CCCCC3)nc(N3CCCCC3)n2)CC1. The van der Waals surface area contributed by atoms with Gasteiger partial charge >= 0.3 is 0 Å². The van der Waals surface area contributed by atoms with Crippen LogP contribution in [0.3, 0.4) is 0 Å². The van der Waals surface area contributed by atoms with Gasteiger partial charge in [-0.3, -0.25) is 0 Å². The summed E-state index contributed by atoms with van der Waals surface area (Å²) in [5, 5.41) is 4.72. The van der Waals surface area contributed by atoms with E-state index in [0.29, 0.717) is 11.4 Å². The minimum atomic E-state index is 0.389. The zero-order valence-electron chi connectivity index (χ0n) is 19.2. The van der Waals surface area contributed by atoms with Gasteiger partial charge in [0.05, 0.1) is 0 Å². The largest absolute Gasteiger partial charge is 0.341 e. The van der Waals surface area contributed by atoms with Gasteiger partial charge in [0, 0.05) is 31.9 Å². The summed E-state index contributed by atoms with van der Waals surface area (Å²) in [7, 11) is 0. The molecule has 3 heterocycles. The first-order valence-electron chi connectivity index (χ1n) is 12.1. The number of nitrogens with zero attached hydrogens (tertiary/aromatic N) is 6. The fraction of sp³-hybridized carbons (Fsp3) is 0.826. The molecule has 0 atom stereocenters. The zero-order valence-corrected chi connectivity index (χ0v) is 19.2. The van der Waals surface area contributed by atoms with Crippen molar-refractivity contribution in [1.29, 1.82) is 0 Å². The summed E-state index contributed by atoms with van der Waals surface area (Å²) >= 11 is 0. The predicted octanol–water partition coefficient (Wildman–Crippen LogP) is 4.86. The fourth-order valence-electron chi connectivity index (χ4n) is 4.93. The van der Waals surface area contributed by atoms with Crippen LogP contribution in [0.4, 0.5) is 17.8 Å². The lowest BCUT2D eigenvalue weighted by molar-refractivity contribution is 0.208. The first-order chi connectivity index (χ1) is 14.5. The van der Waals surface area contributed by atoms with Gasteiger partial charge in [-0.2, -0.15) is 20.1 Å². The van der Waals surface area contributed by atoms with E-state index in [1.807, 2.05) is 0 Å². The molecule has 1 aromatic heterocycles. The third kappa shape index (κ3) is 5.41. The summed E-state index contributed by atoms with van der Waals surface area (Å²) in [6.07, 6.45) is 12.0. The highest BCUT2D eigenvalue weighted by atomic mass is 15.4. The van der Waals surface area contributed by atoms with Crippen molar-refractivity contribution in [2.24, 2.45) is 16.4 Å². The van der Waals surface area contributed by atoms with Crippen molar-refractivity contribution in [2.45, 2.75) is 85.0 Å². The van der Waals surface area contributed by atoms with Gasteiger partial charge in [0.15, 0.2) is 0 Å². The number of piperidine rings is 2. The minimum absolute atomic E-state index is 0.389. The van der Waals surface area contributed by atoms with Crippen molar-refractivity contribution in [2.75, 3.05) is 41.4 Å². The molecule has 0 aromatic carbocycles. The molecule has 0 bridgehead atoms. The summed E-state index contributed by atoms with van der Waals surface area (Å²) in [5.41, 5.74) is 4.83. The molecule has 7 nitrogen and oxygen atoms in total. The lowest BCUT2D eigenvalue weighted by atomic mass is 9.72. The normalized spacial score (nSPS) is 23.4. The van der Waals surface area contributed by atoms with Crippen molar-refractivity contribution in [3.8, 4) is 0 Å². The third-order valence-electron chi connectivity index (χ3n) is 6.99. The van der Waals surface area contributed by atoms with E-state index in [9.17, 15) is 0 Å². The van der Waals surface area contributed by atoms with Crippen LogP contribution in [-0.2, 0) is 0 Å². The van der Waals surface area contributed by atoms with Gasteiger partial charge in [0.25, 0.3) is 0 Å². The Hall–Kier alpha value is -1.92. The Morgan fingerprint density at radius 3 is 1.73 bits per heavy atom. The molecule has 7 heteroatoms. The van der Waals surface area contributed by atoms with Crippen molar-refractivity contribution >= 4 is 23.6 Å².